The van der Waals surface area contributed by atoms with Crippen molar-refractivity contribution in [3.8, 4) is 0 Å². The lowest BCUT2D eigenvalue weighted by Crippen LogP contribution is -2.06. The first-order valence-corrected chi connectivity index (χ1v) is 4.60. The van der Waals surface area contributed by atoms with Gasteiger partial charge in [0.2, 0.25) is 0 Å². The molecule has 0 unspecified atom stereocenters. The van der Waals surface area contributed by atoms with E-state index in [1.807, 2.05) is 14.0 Å². The van der Waals surface area contributed by atoms with Gasteiger partial charge < -0.3 is 15.6 Å². The molecule has 80 valence electrons. The first-order chi connectivity index (χ1) is 7.18. The van der Waals surface area contributed by atoms with Crippen LogP contribution in [0.2, 0.25) is 0 Å². The molecule has 0 aliphatic rings. The number of nitrogens with two attached hydrogens (primary N) is 1. The molecule has 3 N–H and O–H groups in total. The van der Waals surface area contributed by atoms with Crippen molar-refractivity contribution in [2.75, 3.05) is 11.1 Å². The van der Waals surface area contributed by atoms with Gasteiger partial charge in [-0.25, -0.2) is 0 Å². The maximum absolute atomic E-state index is 5.85. The minimum Gasteiger partial charge on any atom is -0.394 e. The van der Waals surface area contributed by atoms with E-state index in [0.717, 1.165) is 17.2 Å². The Balaban J connectivity index is 2.11. The minimum atomic E-state index is 0.569. The number of rotatable bonds is 3. The van der Waals surface area contributed by atoms with Gasteiger partial charge in [-0.3, -0.25) is 4.68 Å². The normalized spacial score (nSPS) is 10.5. The van der Waals surface area contributed by atoms with Gasteiger partial charge >= 0.3 is 0 Å². The number of hydrogen-bond acceptors (Lipinski definition) is 5. The average molecular weight is 207 g/mol. The number of nitrogens with zero attached hydrogens (tertiary/aromatic N) is 3. The lowest BCUT2D eigenvalue weighted by atomic mass is 10.3. The molecular weight excluding hydrogens is 194 g/mol. The summed E-state index contributed by atoms with van der Waals surface area (Å²) in [4.78, 5) is 0. The standard InChI is InChI=1S/C9H13N5O/c1-6-8(10)9(14(2)12-6)11-5-7-3-4-15-13-7/h3-4,11H,5,10H2,1-2H3. The molecule has 0 amide bonds. The first-order valence-electron chi connectivity index (χ1n) is 4.60. The SMILES string of the molecule is Cc1nn(C)c(NCc2ccon2)c1N. The second kappa shape index (κ2) is 3.64. The monoisotopic (exact) mass is 207 g/mol. The Morgan fingerprint density at radius 2 is 2.40 bits per heavy atom. The van der Waals surface area contributed by atoms with E-state index >= 15 is 0 Å². The highest BCUT2D eigenvalue weighted by Gasteiger charge is 2.09. The highest BCUT2D eigenvalue weighted by molar-refractivity contribution is 5.64. The number of nitrogen functional groups attached to an aromatic ring is 1. The Kier molecular flexibility index (Phi) is 2.32. The molecule has 0 radical (unpaired) electrons. The third-order valence-corrected chi connectivity index (χ3v) is 2.20. The van der Waals surface area contributed by atoms with Crippen LogP contribution in [0.1, 0.15) is 11.4 Å². The van der Waals surface area contributed by atoms with E-state index in [9.17, 15) is 0 Å². The third-order valence-electron chi connectivity index (χ3n) is 2.20. The number of nitrogens with one attached hydrogen (secondary N) is 1. The van der Waals surface area contributed by atoms with E-state index < -0.39 is 0 Å². The average Bonchev–Trinajstić information content (AvgIpc) is 2.76. The minimum absolute atomic E-state index is 0.569. The van der Waals surface area contributed by atoms with Crippen molar-refractivity contribution >= 4 is 11.5 Å². The Hall–Kier alpha value is -1.98. The Labute approximate surface area is 87.0 Å². The first kappa shape index (κ1) is 9.57. The van der Waals surface area contributed by atoms with E-state index in [4.69, 9.17) is 10.3 Å². The Bertz CT molecular complexity index is 445. The molecule has 0 saturated heterocycles. The summed E-state index contributed by atoms with van der Waals surface area (Å²) in [5.41, 5.74) is 8.17. The molecule has 0 aliphatic heterocycles. The van der Waals surface area contributed by atoms with Gasteiger partial charge in [0.1, 0.15) is 17.8 Å². The molecule has 0 aliphatic carbocycles. The predicted molar refractivity (Wildman–Crippen MR) is 56.2 cm³/mol. The molecule has 0 saturated carbocycles. The molecule has 6 heteroatoms. The van der Waals surface area contributed by atoms with Crippen molar-refractivity contribution in [2.24, 2.45) is 7.05 Å². The zero-order valence-corrected chi connectivity index (χ0v) is 8.69. The van der Waals surface area contributed by atoms with Crippen molar-refractivity contribution in [1.29, 1.82) is 0 Å². The maximum Gasteiger partial charge on any atom is 0.148 e. The van der Waals surface area contributed by atoms with Crippen LogP contribution in [-0.4, -0.2) is 14.9 Å². The van der Waals surface area contributed by atoms with Crippen LogP contribution in [0.25, 0.3) is 0 Å². The van der Waals surface area contributed by atoms with Crippen molar-refractivity contribution in [1.82, 2.24) is 14.9 Å². The summed E-state index contributed by atoms with van der Waals surface area (Å²) >= 11 is 0. The van der Waals surface area contributed by atoms with Crippen LogP contribution in [0.4, 0.5) is 11.5 Å². The van der Waals surface area contributed by atoms with Gasteiger partial charge in [-0.15, -0.1) is 0 Å². The van der Waals surface area contributed by atoms with E-state index in [1.54, 1.807) is 10.7 Å². The summed E-state index contributed by atoms with van der Waals surface area (Å²) < 4.78 is 6.44. The molecule has 0 atom stereocenters. The van der Waals surface area contributed by atoms with Crippen LogP contribution in [0.5, 0.6) is 0 Å². The molecule has 2 heterocycles. The maximum atomic E-state index is 5.85. The van der Waals surface area contributed by atoms with Crippen LogP contribution >= 0.6 is 0 Å². The van der Waals surface area contributed by atoms with Gasteiger partial charge in [-0.1, -0.05) is 5.16 Å². The van der Waals surface area contributed by atoms with E-state index in [-0.39, 0.29) is 0 Å². The topological polar surface area (TPSA) is 81.9 Å². The second-order valence-electron chi connectivity index (χ2n) is 3.32. The number of anilines is 2. The predicted octanol–water partition coefficient (Wildman–Crippen LogP) is 0.911. The summed E-state index contributed by atoms with van der Waals surface area (Å²) in [5.74, 6) is 0.801. The zero-order chi connectivity index (χ0) is 10.8. The summed E-state index contributed by atoms with van der Waals surface area (Å²) in [6, 6.07) is 1.80. The van der Waals surface area contributed by atoms with Crippen molar-refractivity contribution in [2.45, 2.75) is 13.5 Å². The molecule has 2 aromatic rings. The van der Waals surface area contributed by atoms with Crippen LogP contribution < -0.4 is 11.1 Å². The molecule has 6 nitrogen and oxygen atoms in total. The highest BCUT2D eigenvalue weighted by Crippen LogP contribution is 2.21. The summed E-state index contributed by atoms with van der Waals surface area (Å²) in [6.07, 6.45) is 1.54. The van der Waals surface area contributed by atoms with Crippen LogP contribution in [0.3, 0.4) is 0 Å². The quantitative estimate of drug-likeness (QED) is 0.781. The van der Waals surface area contributed by atoms with Gasteiger partial charge in [0.25, 0.3) is 0 Å². The summed E-state index contributed by atoms with van der Waals surface area (Å²) in [7, 11) is 1.84. The Morgan fingerprint density at radius 3 is 2.93 bits per heavy atom. The summed E-state index contributed by atoms with van der Waals surface area (Å²) in [6.45, 7) is 2.44. The zero-order valence-electron chi connectivity index (χ0n) is 8.69. The largest absolute Gasteiger partial charge is 0.394 e. The van der Waals surface area contributed by atoms with E-state index in [1.165, 1.54) is 6.26 Å². The van der Waals surface area contributed by atoms with Crippen LogP contribution in [-0.2, 0) is 13.6 Å². The fraction of sp³-hybridized carbons (Fsp3) is 0.333. The fourth-order valence-electron chi connectivity index (χ4n) is 1.39. The molecule has 2 aromatic heterocycles. The van der Waals surface area contributed by atoms with Crippen molar-refractivity contribution < 1.29 is 4.52 Å². The van der Waals surface area contributed by atoms with Gasteiger partial charge in [-0.2, -0.15) is 5.10 Å². The molecule has 0 aromatic carbocycles. The van der Waals surface area contributed by atoms with Crippen LogP contribution in [0.15, 0.2) is 16.9 Å². The van der Waals surface area contributed by atoms with Gasteiger partial charge in [0.15, 0.2) is 0 Å². The molecule has 15 heavy (non-hydrogen) atoms. The summed E-state index contributed by atoms with van der Waals surface area (Å²) in [5, 5.41) is 11.1. The third kappa shape index (κ3) is 1.78. The number of hydrogen-bond donors (Lipinski definition) is 2. The number of aryl methyl sites for hydroxylation is 2. The van der Waals surface area contributed by atoms with Gasteiger partial charge in [-0.05, 0) is 6.92 Å². The van der Waals surface area contributed by atoms with E-state index in [2.05, 4.69) is 15.6 Å². The molecule has 2 rings (SSSR count). The second-order valence-corrected chi connectivity index (χ2v) is 3.32. The van der Waals surface area contributed by atoms with Gasteiger partial charge in [0.05, 0.1) is 17.9 Å². The van der Waals surface area contributed by atoms with Gasteiger partial charge in [0, 0.05) is 13.1 Å². The highest BCUT2D eigenvalue weighted by atomic mass is 16.5. The molecule has 0 bridgehead atoms. The number of aromatic nitrogens is 3. The van der Waals surface area contributed by atoms with Crippen molar-refractivity contribution in [3.63, 3.8) is 0 Å². The molecule has 0 spiro atoms. The lowest BCUT2D eigenvalue weighted by Gasteiger charge is -2.04. The smallest absolute Gasteiger partial charge is 0.148 e. The van der Waals surface area contributed by atoms with E-state index in [0.29, 0.717) is 12.2 Å². The molecule has 0 fully saturated rings. The van der Waals surface area contributed by atoms with Crippen LogP contribution in [0, 0.1) is 6.92 Å². The Morgan fingerprint density at radius 1 is 1.60 bits per heavy atom. The van der Waals surface area contributed by atoms with Crippen molar-refractivity contribution in [3.05, 3.63) is 23.7 Å². The fourth-order valence-corrected chi connectivity index (χ4v) is 1.39. The molecular formula is C9H13N5O. The lowest BCUT2D eigenvalue weighted by molar-refractivity contribution is 0.412.